The van der Waals surface area contributed by atoms with Gasteiger partial charge in [0.25, 0.3) is 0 Å². The number of aromatic nitrogens is 4. The third-order valence-electron chi connectivity index (χ3n) is 4.24. The zero-order valence-electron chi connectivity index (χ0n) is 14.4. The van der Waals surface area contributed by atoms with E-state index in [0.717, 1.165) is 30.8 Å². The number of aryl methyl sites for hydroxylation is 2. The van der Waals surface area contributed by atoms with Gasteiger partial charge in [-0.2, -0.15) is 4.98 Å². The van der Waals surface area contributed by atoms with Crippen LogP contribution in [0.4, 0.5) is 0 Å². The number of carbonyl (C=O) groups excluding carboxylic acids is 1. The molecule has 2 aromatic heterocycles. The standard InChI is InChI=1S/C17H23N5O2/c1-11(2)17-20-15(24-21-17)6-7-16(23)22-8-4-5-14(22)13-10-18-9-12(3)19-13/h9-11,14H,4-8H2,1-3H3. The van der Waals surface area contributed by atoms with Crippen molar-refractivity contribution in [3.8, 4) is 0 Å². The van der Waals surface area contributed by atoms with Crippen LogP contribution in [-0.4, -0.2) is 37.5 Å². The van der Waals surface area contributed by atoms with E-state index in [-0.39, 0.29) is 17.9 Å². The number of hydrogen-bond acceptors (Lipinski definition) is 6. The molecule has 0 aliphatic carbocycles. The van der Waals surface area contributed by atoms with Crippen LogP contribution in [0.3, 0.4) is 0 Å². The van der Waals surface area contributed by atoms with Crippen molar-refractivity contribution in [3.63, 3.8) is 0 Å². The minimum atomic E-state index is 0.0267. The van der Waals surface area contributed by atoms with Crippen molar-refractivity contribution in [2.75, 3.05) is 6.54 Å². The number of hydrogen-bond donors (Lipinski definition) is 0. The lowest BCUT2D eigenvalue weighted by atomic mass is 10.1. The fraction of sp³-hybridized carbons (Fsp3) is 0.588. The molecule has 7 nitrogen and oxygen atoms in total. The summed E-state index contributed by atoms with van der Waals surface area (Å²) in [4.78, 5) is 27.6. The van der Waals surface area contributed by atoms with Gasteiger partial charge in [-0.15, -0.1) is 0 Å². The molecule has 0 saturated carbocycles. The quantitative estimate of drug-likeness (QED) is 0.838. The summed E-state index contributed by atoms with van der Waals surface area (Å²) in [5.74, 6) is 1.54. The van der Waals surface area contributed by atoms with Crippen molar-refractivity contribution < 1.29 is 9.32 Å². The van der Waals surface area contributed by atoms with Crippen LogP contribution in [0.1, 0.15) is 68.2 Å². The SMILES string of the molecule is Cc1cncc(C2CCCN2C(=O)CCc2nc(C(C)C)no2)n1. The molecule has 1 amide bonds. The molecule has 1 atom stereocenters. The summed E-state index contributed by atoms with van der Waals surface area (Å²) < 4.78 is 5.21. The highest BCUT2D eigenvalue weighted by molar-refractivity contribution is 5.77. The van der Waals surface area contributed by atoms with Crippen molar-refractivity contribution in [1.29, 1.82) is 0 Å². The highest BCUT2D eigenvalue weighted by Crippen LogP contribution is 2.31. The Balaban J connectivity index is 1.63. The van der Waals surface area contributed by atoms with Crippen LogP contribution >= 0.6 is 0 Å². The van der Waals surface area contributed by atoms with Gasteiger partial charge in [0.05, 0.1) is 23.6 Å². The van der Waals surface area contributed by atoms with Crippen LogP contribution in [0.15, 0.2) is 16.9 Å². The summed E-state index contributed by atoms with van der Waals surface area (Å²) >= 11 is 0. The number of carbonyl (C=O) groups is 1. The first-order valence-corrected chi connectivity index (χ1v) is 8.45. The second kappa shape index (κ2) is 7.07. The van der Waals surface area contributed by atoms with E-state index in [1.807, 2.05) is 25.7 Å². The molecule has 0 aromatic carbocycles. The summed E-state index contributed by atoms with van der Waals surface area (Å²) in [5.41, 5.74) is 1.75. The molecule has 3 rings (SSSR count). The summed E-state index contributed by atoms with van der Waals surface area (Å²) in [7, 11) is 0. The van der Waals surface area contributed by atoms with Crippen LogP contribution in [0.25, 0.3) is 0 Å². The Kier molecular flexibility index (Phi) is 4.87. The topological polar surface area (TPSA) is 85.0 Å². The van der Waals surface area contributed by atoms with E-state index in [1.165, 1.54) is 0 Å². The molecular formula is C17H23N5O2. The highest BCUT2D eigenvalue weighted by atomic mass is 16.5. The van der Waals surface area contributed by atoms with E-state index in [4.69, 9.17) is 4.52 Å². The average Bonchev–Trinajstić information content (AvgIpc) is 3.22. The molecule has 1 aliphatic heterocycles. The first-order valence-electron chi connectivity index (χ1n) is 8.45. The normalized spacial score (nSPS) is 17.7. The van der Waals surface area contributed by atoms with E-state index in [1.54, 1.807) is 12.4 Å². The predicted molar refractivity (Wildman–Crippen MR) is 87.2 cm³/mol. The smallest absolute Gasteiger partial charge is 0.227 e. The monoisotopic (exact) mass is 329 g/mol. The van der Waals surface area contributed by atoms with E-state index in [2.05, 4.69) is 20.1 Å². The Labute approximate surface area is 141 Å². The zero-order valence-corrected chi connectivity index (χ0v) is 14.4. The minimum absolute atomic E-state index is 0.0267. The van der Waals surface area contributed by atoms with E-state index < -0.39 is 0 Å². The predicted octanol–water partition coefficient (Wildman–Crippen LogP) is 2.59. The first kappa shape index (κ1) is 16.5. The van der Waals surface area contributed by atoms with E-state index >= 15 is 0 Å². The largest absolute Gasteiger partial charge is 0.339 e. The number of rotatable bonds is 5. The van der Waals surface area contributed by atoms with Crippen LogP contribution in [0, 0.1) is 6.92 Å². The Morgan fingerprint density at radius 1 is 1.38 bits per heavy atom. The van der Waals surface area contributed by atoms with Gasteiger partial charge in [-0.3, -0.25) is 14.8 Å². The summed E-state index contributed by atoms with van der Waals surface area (Å²) in [6.07, 6.45) is 6.26. The fourth-order valence-electron chi connectivity index (χ4n) is 2.98. The molecule has 0 spiro atoms. The van der Waals surface area contributed by atoms with Gasteiger partial charge >= 0.3 is 0 Å². The maximum absolute atomic E-state index is 12.6. The molecule has 1 fully saturated rings. The van der Waals surface area contributed by atoms with Crippen molar-refractivity contribution in [1.82, 2.24) is 25.0 Å². The Bertz CT molecular complexity index is 713. The highest BCUT2D eigenvalue weighted by Gasteiger charge is 2.31. The number of amides is 1. The Morgan fingerprint density at radius 2 is 2.21 bits per heavy atom. The van der Waals surface area contributed by atoms with Gasteiger partial charge in [0.1, 0.15) is 0 Å². The molecule has 24 heavy (non-hydrogen) atoms. The number of nitrogens with zero attached hydrogens (tertiary/aromatic N) is 5. The Hall–Kier alpha value is -2.31. The average molecular weight is 329 g/mol. The lowest BCUT2D eigenvalue weighted by molar-refractivity contribution is -0.132. The first-order chi connectivity index (χ1) is 11.5. The molecule has 7 heteroatoms. The lowest BCUT2D eigenvalue weighted by Crippen LogP contribution is -2.31. The molecule has 3 heterocycles. The van der Waals surface area contributed by atoms with E-state index in [9.17, 15) is 4.79 Å². The van der Waals surface area contributed by atoms with Crippen LogP contribution < -0.4 is 0 Å². The summed E-state index contributed by atoms with van der Waals surface area (Å²) in [6, 6.07) is 0.0267. The van der Waals surface area contributed by atoms with Gasteiger partial charge < -0.3 is 9.42 Å². The molecule has 0 radical (unpaired) electrons. The molecule has 1 saturated heterocycles. The van der Waals surface area contributed by atoms with Gasteiger partial charge in [-0.1, -0.05) is 19.0 Å². The third-order valence-corrected chi connectivity index (χ3v) is 4.24. The molecule has 2 aromatic rings. The molecule has 0 N–H and O–H groups in total. The van der Waals surface area contributed by atoms with Crippen LogP contribution in [0.2, 0.25) is 0 Å². The fourth-order valence-corrected chi connectivity index (χ4v) is 2.98. The van der Waals surface area contributed by atoms with Crippen molar-refractivity contribution >= 4 is 5.91 Å². The van der Waals surface area contributed by atoms with Crippen molar-refractivity contribution in [2.24, 2.45) is 0 Å². The van der Waals surface area contributed by atoms with Gasteiger partial charge in [0.15, 0.2) is 5.82 Å². The summed E-state index contributed by atoms with van der Waals surface area (Å²) in [6.45, 7) is 6.70. The third kappa shape index (κ3) is 3.60. The Morgan fingerprint density at radius 3 is 2.92 bits per heavy atom. The van der Waals surface area contributed by atoms with Crippen LogP contribution in [-0.2, 0) is 11.2 Å². The molecule has 128 valence electrons. The molecule has 1 aliphatic rings. The maximum atomic E-state index is 12.6. The van der Waals surface area contributed by atoms with Gasteiger partial charge in [0, 0.05) is 31.5 Å². The molecular weight excluding hydrogens is 306 g/mol. The second-order valence-corrected chi connectivity index (χ2v) is 6.53. The minimum Gasteiger partial charge on any atom is -0.339 e. The molecule has 1 unspecified atom stereocenters. The number of likely N-dealkylation sites (tertiary alicyclic amines) is 1. The van der Waals surface area contributed by atoms with Crippen molar-refractivity contribution in [2.45, 2.75) is 58.4 Å². The van der Waals surface area contributed by atoms with Gasteiger partial charge in [-0.25, -0.2) is 0 Å². The second-order valence-electron chi connectivity index (χ2n) is 6.53. The van der Waals surface area contributed by atoms with Gasteiger partial charge in [-0.05, 0) is 19.8 Å². The maximum Gasteiger partial charge on any atom is 0.227 e. The summed E-state index contributed by atoms with van der Waals surface area (Å²) in [5, 5.41) is 3.93. The van der Waals surface area contributed by atoms with Gasteiger partial charge in [0.2, 0.25) is 11.8 Å². The molecule has 0 bridgehead atoms. The lowest BCUT2D eigenvalue weighted by Gasteiger charge is -2.24. The zero-order chi connectivity index (χ0) is 17.1. The van der Waals surface area contributed by atoms with Crippen molar-refractivity contribution in [3.05, 3.63) is 35.5 Å². The van der Waals surface area contributed by atoms with E-state index in [0.29, 0.717) is 24.6 Å². The van der Waals surface area contributed by atoms with Crippen LogP contribution in [0.5, 0.6) is 0 Å².